The van der Waals surface area contributed by atoms with Crippen LogP contribution in [0.4, 0.5) is 0 Å². The lowest BCUT2D eigenvalue weighted by atomic mass is 9.89. The minimum absolute atomic E-state index is 0.0251. The predicted molar refractivity (Wildman–Crippen MR) is 123 cm³/mol. The Hall–Kier alpha value is -2.70. The van der Waals surface area contributed by atoms with Gasteiger partial charge in [0.15, 0.2) is 5.60 Å². The summed E-state index contributed by atoms with van der Waals surface area (Å²) in [5.41, 5.74) is 2.07. The van der Waals surface area contributed by atoms with Crippen LogP contribution in [0.5, 0.6) is 0 Å². The molecule has 0 aliphatic carbocycles. The summed E-state index contributed by atoms with van der Waals surface area (Å²) >= 11 is 0. The van der Waals surface area contributed by atoms with E-state index in [2.05, 4.69) is 29.6 Å². The smallest absolute Gasteiger partial charge is 0.254 e. The van der Waals surface area contributed by atoms with Crippen LogP contribution in [0.2, 0.25) is 0 Å². The van der Waals surface area contributed by atoms with E-state index < -0.39 is 11.7 Å². The number of hydrogen-bond acceptors (Lipinski definition) is 4. The first-order valence-corrected chi connectivity index (χ1v) is 11.5. The molecular weight excluding hydrogens is 404 g/mol. The van der Waals surface area contributed by atoms with E-state index in [1.807, 2.05) is 44.2 Å². The minimum atomic E-state index is -1.13. The molecule has 2 saturated heterocycles. The molecule has 0 saturated carbocycles. The Labute approximate surface area is 189 Å². The van der Waals surface area contributed by atoms with Crippen molar-refractivity contribution in [3.63, 3.8) is 0 Å². The molecule has 2 fully saturated rings. The van der Waals surface area contributed by atoms with Crippen molar-refractivity contribution in [3.05, 3.63) is 60.2 Å². The van der Waals surface area contributed by atoms with Crippen molar-refractivity contribution in [3.8, 4) is 11.1 Å². The number of nitrogens with one attached hydrogen (secondary N) is 1. The van der Waals surface area contributed by atoms with Crippen LogP contribution in [-0.4, -0.2) is 60.8 Å². The van der Waals surface area contributed by atoms with Crippen LogP contribution in [0.25, 0.3) is 11.1 Å². The summed E-state index contributed by atoms with van der Waals surface area (Å²) in [6.07, 6.45) is 1.62. The number of carbonyl (C=O) groups is 2. The van der Waals surface area contributed by atoms with Crippen molar-refractivity contribution in [2.45, 2.75) is 50.9 Å². The summed E-state index contributed by atoms with van der Waals surface area (Å²) in [4.78, 5) is 28.2. The highest BCUT2D eigenvalue weighted by molar-refractivity contribution is 5.88. The van der Waals surface area contributed by atoms with Crippen molar-refractivity contribution in [1.29, 1.82) is 0 Å². The molecular formula is C26H32N2O4. The van der Waals surface area contributed by atoms with Crippen LogP contribution in [0.15, 0.2) is 54.6 Å². The molecule has 32 heavy (non-hydrogen) atoms. The van der Waals surface area contributed by atoms with Gasteiger partial charge in [-0.2, -0.15) is 0 Å². The van der Waals surface area contributed by atoms with Crippen LogP contribution in [0, 0.1) is 0 Å². The van der Waals surface area contributed by atoms with Crippen LogP contribution >= 0.6 is 0 Å². The number of morpholine rings is 1. The number of ether oxygens (including phenoxy) is 2. The Morgan fingerprint density at radius 3 is 2.59 bits per heavy atom. The lowest BCUT2D eigenvalue weighted by Crippen LogP contribution is -2.63. The molecule has 0 aromatic heterocycles. The van der Waals surface area contributed by atoms with Gasteiger partial charge >= 0.3 is 0 Å². The predicted octanol–water partition coefficient (Wildman–Crippen LogP) is 3.20. The zero-order valence-corrected chi connectivity index (χ0v) is 18.9. The maximum absolute atomic E-state index is 13.4. The highest BCUT2D eigenvalue weighted by Gasteiger charge is 2.46. The number of hydrogen-bond donors (Lipinski definition) is 1. The molecule has 2 atom stereocenters. The number of carbonyl (C=O) groups excluding carboxylic acids is 2. The Morgan fingerprint density at radius 1 is 1.09 bits per heavy atom. The maximum atomic E-state index is 13.4. The second-order valence-corrected chi connectivity index (χ2v) is 8.98. The summed E-state index contributed by atoms with van der Waals surface area (Å²) in [5, 5.41) is 3.02. The molecule has 6 heteroatoms. The fraction of sp³-hybridized carbons (Fsp3) is 0.462. The molecule has 2 aromatic rings. The van der Waals surface area contributed by atoms with Crippen molar-refractivity contribution in [2.24, 2.45) is 0 Å². The van der Waals surface area contributed by atoms with E-state index in [-0.39, 0.29) is 24.4 Å². The Morgan fingerprint density at radius 2 is 1.88 bits per heavy atom. The van der Waals surface area contributed by atoms with Gasteiger partial charge in [-0.3, -0.25) is 9.59 Å². The van der Waals surface area contributed by atoms with Crippen LogP contribution in [0.1, 0.15) is 32.3 Å². The van der Waals surface area contributed by atoms with Gasteiger partial charge in [0.1, 0.15) is 6.10 Å². The summed E-state index contributed by atoms with van der Waals surface area (Å²) in [6.45, 7) is 5.49. The third kappa shape index (κ3) is 5.03. The quantitative estimate of drug-likeness (QED) is 0.755. The third-order valence-corrected chi connectivity index (χ3v) is 6.06. The average Bonchev–Trinajstić information content (AvgIpc) is 3.34. The summed E-state index contributed by atoms with van der Waals surface area (Å²) in [6, 6.07) is 18.3. The SMILES string of the molecule is CC(C)NC(=O)[C@]1(Cc2cccc(-c3ccccc3)c2)CN(C(=O)[C@@H]2CCCO2)CCO1. The summed E-state index contributed by atoms with van der Waals surface area (Å²) < 4.78 is 11.8. The zero-order valence-electron chi connectivity index (χ0n) is 18.9. The maximum Gasteiger partial charge on any atom is 0.254 e. The van der Waals surface area contributed by atoms with E-state index in [0.29, 0.717) is 26.2 Å². The van der Waals surface area contributed by atoms with E-state index in [0.717, 1.165) is 29.5 Å². The Bertz CT molecular complexity index is 940. The fourth-order valence-corrected chi connectivity index (χ4v) is 4.49. The van der Waals surface area contributed by atoms with E-state index >= 15 is 0 Å². The average molecular weight is 437 g/mol. The Kier molecular flexibility index (Phi) is 6.92. The lowest BCUT2D eigenvalue weighted by Gasteiger charge is -2.42. The molecule has 2 amide bonds. The van der Waals surface area contributed by atoms with E-state index in [1.54, 1.807) is 4.90 Å². The molecule has 0 unspecified atom stereocenters. The number of rotatable bonds is 6. The molecule has 170 valence electrons. The highest BCUT2D eigenvalue weighted by atomic mass is 16.5. The van der Waals surface area contributed by atoms with Gasteiger partial charge in [-0.1, -0.05) is 54.6 Å². The van der Waals surface area contributed by atoms with E-state index in [1.165, 1.54) is 0 Å². The van der Waals surface area contributed by atoms with Crippen LogP contribution in [0.3, 0.4) is 0 Å². The number of benzene rings is 2. The molecule has 0 bridgehead atoms. The van der Waals surface area contributed by atoms with Crippen molar-refractivity contribution in [1.82, 2.24) is 10.2 Å². The topological polar surface area (TPSA) is 67.9 Å². The largest absolute Gasteiger partial charge is 0.368 e. The molecule has 0 radical (unpaired) electrons. The van der Waals surface area contributed by atoms with Gasteiger partial charge in [-0.05, 0) is 43.4 Å². The van der Waals surface area contributed by atoms with Gasteiger partial charge < -0.3 is 19.7 Å². The van der Waals surface area contributed by atoms with Gasteiger partial charge in [0.25, 0.3) is 11.8 Å². The van der Waals surface area contributed by atoms with Gasteiger partial charge in [-0.15, -0.1) is 0 Å². The molecule has 2 aliphatic heterocycles. The van der Waals surface area contributed by atoms with Crippen LogP contribution in [-0.2, 0) is 25.5 Å². The summed E-state index contributed by atoms with van der Waals surface area (Å²) in [7, 11) is 0. The summed E-state index contributed by atoms with van der Waals surface area (Å²) in [5.74, 6) is -0.215. The second-order valence-electron chi connectivity index (χ2n) is 8.98. The monoisotopic (exact) mass is 436 g/mol. The molecule has 4 rings (SSSR count). The molecule has 1 N–H and O–H groups in total. The first-order chi connectivity index (χ1) is 15.5. The van der Waals surface area contributed by atoms with Gasteiger partial charge in [0.2, 0.25) is 0 Å². The number of amides is 2. The first-order valence-electron chi connectivity index (χ1n) is 11.5. The van der Waals surface area contributed by atoms with Gasteiger partial charge in [0, 0.05) is 25.6 Å². The molecule has 6 nitrogen and oxygen atoms in total. The lowest BCUT2D eigenvalue weighted by molar-refractivity contribution is -0.170. The van der Waals surface area contributed by atoms with Crippen molar-refractivity contribution >= 4 is 11.8 Å². The first kappa shape index (κ1) is 22.5. The molecule has 0 spiro atoms. The van der Waals surface area contributed by atoms with Crippen molar-refractivity contribution in [2.75, 3.05) is 26.3 Å². The van der Waals surface area contributed by atoms with Crippen molar-refractivity contribution < 1.29 is 19.1 Å². The third-order valence-electron chi connectivity index (χ3n) is 6.06. The highest BCUT2D eigenvalue weighted by Crippen LogP contribution is 2.28. The minimum Gasteiger partial charge on any atom is -0.368 e. The standard InChI is InChI=1S/C26H32N2O4/c1-19(2)27-25(30)26(18-28(13-15-32-26)24(29)23-12-7-14-31-23)17-20-8-6-11-22(16-20)21-9-4-3-5-10-21/h3-6,8-11,16,19,23H,7,12-15,17-18H2,1-2H3,(H,27,30)/t23-,26-/m0/s1. The molecule has 2 aromatic carbocycles. The molecule has 2 aliphatic rings. The van der Waals surface area contributed by atoms with E-state index in [9.17, 15) is 9.59 Å². The fourth-order valence-electron chi connectivity index (χ4n) is 4.49. The normalized spacial score (nSPS) is 23.3. The van der Waals surface area contributed by atoms with Crippen LogP contribution < -0.4 is 5.32 Å². The Balaban J connectivity index is 1.60. The van der Waals surface area contributed by atoms with Gasteiger partial charge in [-0.25, -0.2) is 0 Å². The van der Waals surface area contributed by atoms with Gasteiger partial charge in [0.05, 0.1) is 13.2 Å². The zero-order chi connectivity index (χ0) is 22.6. The van der Waals surface area contributed by atoms with E-state index in [4.69, 9.17) is 9.47 Å². The number of nitrogens with zero attached hydrogens (tertiary/aromatic N) is 1. The molecule has 2 heterocycles. The second kappa shape index (κ2) is 9.84.